The number of aliphatic hydroxyl groups excluding tert-OH is 1. The van der Waals surface area contributed by atoms with Crippen LogP contribution in [-0.2, 0) is 84.7 Å². The van der Waals surface area contributed by atoms with Crippen LogP contribution in [0.25, 0.3) is 10.6 Å². The zero-order valence-electron chi connectivity index (χ0n) is 72.4. The number of likely N-dealkylation sites (tertiary alicyclic amines) is 1. The maximum Gasteiger partial charge on any atom is 0.410 e. The van der Waals surface area contributed by atoms with Gasteiger partial charge in [-0.25, -0.2) is 14.3 Å². The molecule has 3 aromatic carbocycles. The second kappa shape index (κ2) is 52.6. The number of aliphatic hydroxyl groups is 1. The highest BCUT2D eigenvalue weighted by Gasteiger charge is 2.44. The molecule has 5 rings (SSSR count). The average molecular weight is 1680 g/mol. The van der Waals surface area contributed by atoms with Crippen molar-refractivity contribution in [1.29, 1.82) is 0 Å². The highest BCUT2D eigenvalue weighted by atomic mass is 32.2. The Bertz CT molecular complexity index is 3770. The van der Waals surface area contributed by atoms with Crippen LogP contribution in [0.15, 0.2) is 91.6 Å². The second-order valence-electron chi connectivity index (χ2n) is 31.3. The van der Waals surface area contributed by atoms with Crippen LogP contribution in [0.1, 0.15) is 169 Å². The monoisotopic (exact) mass is 1680 g/mol. The van der Waals surface area contributed by atoms with Gasteiger partial charge in [0, 0.05) is 63.2 Å². The third-order valence-corrected chi connectivity index (χ3v) is 22.0. The molecule has 32 nitrogen and oxygen atoms in total. The predicted octanol–water partition coefficient (Wildman–Crippen LogP) is 7.52. The summed E-state index contributed by atoms with van der Waals surface area (Å²) in [6, 6.07) is 16.5. The number of hydrogen-bond donors (Lipinski definition) is 9. The van der Waals surface area contributed by atoms with Gasteiger partial charge in [-0.05, 0) is 104 Å². The fraction of sp³-hybridized carbons (Fsp3) is 0.635. The normalized spacial score (nSPS) is 16.2. The number of thioether (sulfide) groups is 1. The van der Waals surface area contributed by atoms with E-state index >= 15 is 0 Å². The lowest BCUT2D eigenvalue weighted by Crippen LogP contribution is -2.60. The molecule has 2 heterocycles. The molecular weight excluding hydrogens is 1550 g/mol. The summed E-state index contributed by atoms with van der Waals surface area (Å²) in [5.74, 6) is -5.39. The van der Waals surface area contributed by atoms with Gasteiger partial charge in [0.25, 0.3) is 0 Å². The molecular formula is C85H133BN14O18S. The molecule has 10 amide bonds. The first-order valence-corrected chi connectivity index (χ1v) is 42.2. The summed E-state index contributed by atoms with van der Waals surface area (Å²) in [6.07, 6.45) is 3.27. The molecule has 2 radical (unpaired) electrons. The summed E-state index contributed by atoms with van der Waals surface area (Å²) in [6.45, 7) is 27.5. The molecule has 34 heteroatoms. The molecule has 11 N–H and O–H groups in total. The van der Waals surface area contributed by atoms with Crippen molar-refractivity contribution in [3.8, 4) is 5.69 Å². The SMILES string of the molecule is [B]C(N)(CCCC)SC(=C)c1ccc(-n2cc(COCCOCCOCCOCCOCCC(=O)N[C@H](C(=O)N[C@@H](CCCNC(N)=O)C(=O)Nc3ccc(COC(=O)N(C)[C@H](C(=O)NC(C(=O)N(C)[C@@H]([C@@H](C)CC)[C@@H](CC(=O)N4CCC[C@H]4[C@H](OC)[C@@H](C)C(=O)N[C@H](C)[C@@H](O)c4ccccc4)OC)C(C)C)C(C)C)cc3)C(C)C)nn2)cc1. The van der Waals surface area contributed by atoms with Crippen molar-refractivity contribution in [3.63, 3.8) is 0 Å². The van der Waals surface area contributed by atoms with E-state index in [9.17, 15) is 48.3 Å². The van der Waals surface area contributed by atoms with Crippen LogP contribution < -0.4 is 43.4 Å². The molecule has 0 saturated carbocycles. The first-order valence-electron chi connectivity index (χ1n) is 41.4. The van der Waals surface area contributed by atoms with E-state index in [4.69, 9.17) is 57.2 Å². The number of anilines is 1. The zero-order chi connectivity index (χ0) is 87.9. The fourth-order valence-corrected chi connectivity index (χ4v) is 14.9. The van der Waals surface area contributed by atoms with E-state index in [0.29, 0.717) is 94.4 Å². The number of nitrogens with one attached hydrogen (secondary N) is 6. The summed E-state index contributed by atoms with van der Waals surface area (Å²) in [5, 5.41) is 36.2. The number of methoxy groups -OCH3 is 2. The number of aromatic nitrogens is 3. The van der Waals surface area contributed by atoms with Gasteiger partial charge in [0.1, 0.15) is 44.3 Å². The van der Waals surface area contributed by atoms with E-state index in [1.165, 1.54) is 37.9 Å². The van der Waals surface area contributed by atoms with Gasteiger partial charge >= 0.3 is 12.1 Å². The second-order valence-corrected chi connectivity index (χ2v) is 32.8. The number of likely N-dealkylation sites (N-methyl/N-ethyl adjacent to an activating group) is 2. The molecule has 0 aliphatic carbocycles. The molecule has 1 aromatic heterocycles. The maximum atomic E-state index is 14.9. The number of urea groups is 1. The summed E-state index contributed by atoms with van der Waals surface area (Å²) >= 11 is 1.37. The van der Waals surface area contributed by atoms with Crippen LogP contribution in [0.4, 0.5) is 15.3 Å². The van der Waals surface area contributed by atoms with Gasteiger partial charge in [-0.3, -0.25) is 38.5 Å². The molecule has 4 aromatic rings. The van der Waals surface area contributed by atoms with Crippen molar-refractivity contribution >= 4 is 83.7 Å². The van der Waals surface area contributed by atoms with Crippen LogP contribution in [0.2, 0.25) is 0 Å². The smallest absolute Gasteiger partial charge is 0.410 e. The number of benzene rings is 3. The molecule has 1 aliphatic rings. The van der Waals surface area contributed by atoms with Crippen LogP contribution in [0.5, 0.6) is 0 Å². The molecule has 119 heavy (non-hydrogen) atoms. The molecule has 0 bridgehead atoms. The average Bonchev–Trinajstić information content (AvgIpc) is 1.79. The number of nitrogens with two attached hydrogens (primary N) is 2. The van der Waals surface area contributed by atoms with Gasteiger partial charge in [-0.1, -0.05) is 155 Å². The molecule has 13 atom stereocenters. The highest BCUT2D eigenvalue weighted by Crippen LogP contribution is 2.36. The molecule has 0 spiro atoms. The minimum atomic E-state index is -1.13. The van der Waals surface area contributed by atoms with E-state index in [-0.39, 0.29) is 83.0 Å². The van der Waals surface area contributed by atoms with Gasteiger partial charge in [-0.15, -0.1) is 16.9 Å². The van der Waals surface area contributed by atoms with E-state index in [2.05, 4.69) is 55.7 Å². The summed E-state index contributed by atoms with van der Waals surface area (Å²) in [4.78, 5) is 129. The van der Waals surface area contributed by atoms with Crippen LogP contribution >= 0.6 is 11.8 Å². The maximum absolute atomic E-state index is 14.9. The lowest BCUT2D eigenvalue weighted by atomic mass is 9.89. The van der Waals surface area contributed by atoms with E-state index < -0.39 is 131 Å². The van der Waals surface area contributed by atoms with Crippen LogP contribution in [0, 0.1) is 29.6 Å². The number of hydrogen-bond acceptors (Lipinski definition) is 22. The zero-order valence-corrected chi connectivity index (χ0v) is 73.2. The van der Waals surface area contributed by atoms with Gasteiger partial charge < -0.3 is 96.2 Å². The van der Waals surface area contributed by atoms with E-state index in [0.717, 1.165) is 29.0 Å². The largest absolute Gasteiger partial charge is 0.445 e. The van der Waals surface area contributed by atoms with Crippen molar-refractivity contribution in [2.45, 2.75) is 219 Å². The van der Waals surface area contributed by atoms with Crippen molar-refractivity contribution in [1.82, 2.24) is 56.3 Å². The fourth-order valence-electron chi connectivity index (χ4n) is 14.0. The van der Waals surface area contributed by atoms with Crippen LogP contribution in [-0.4, -0.2) is 256 Å². The summed E-state index contributed by atoms with van der Waals surface area (Å²) in [7, 11) is 12.4. The summed E-state index contributed by atoms with van der Waals surface area (Å²) < 4.78 is 46.8. The molecule has 1 fully saturated rings. The Morgan fingerprint density at radius 2 is 1.32 bits per heavy atom. The number of nitrogens with zero attached hydrogens (tertiary/aromatic N) is 6. The highest BCUT2D eigenvalue weighted by molar-refractivity contribution is 8.10. The number of carbonyl (C=O) groups is 9. The number of amides is 10. The van der Waals surface area contributed by atoms with Crippen molar-refractivity contribution in [2.24, 2.45) is 41.1 Å². The number of unbranched alkanes of at least 4 members (excludes halogenated alkanes) is 1. The minimum absolute atomic E-state index is 0.0501. The Labute approximate surface area is 708 Å². The minimum Gasteiger partial charge on any atom is -0.445 e. The predicted molar refractivity (Wildman–Crippen MR) is 457 cm³/mol. The quantitative estimate of drug-likeness (QED) is 0.0117. The Balaban J connectivity index is 1.03. The third kappa shape index (κ3) is 33.8. The van der Waals surface area contributed by atoms with Gasteiger partial charge in [0.2, 0.25) is 41.4 Å². The molecule has 1 saturated heterocycles. The lowest BCUT2D eigenvalue weighted by Gasteiger charge is -2.41. The molecule has 1 aliphatic heterocycles. The Hall–Kier alpha value is -8.58. The van der Waals surface area contributed by atoms with E-state index in [1.807, 2.05) is 56.3 Å². The summed E-state index contributed by atoms with van der Waals surface area (Å²) in [5.41, 5.74) is 15.5. The van der Waals surface area contributed by atoms with Gasteiger partial charge in [0.05, 0.1) is 127 Å². The van der Waals surface area contributed by atoms with Crippen LogP contribution in [0.3, 0.4) is 0 Å². The number of carbonyl (C=O) groups excluding carboxylic acids is 9. The lowest BCUT2D eigenvalue weighted by molar-refractivity contribution is -0.148. The standard InChI is InChI=1S/C85H133BN14O18S/c1-17-19-38-85(86,88)119-60(12)62-31-35-66(36-32-62)100-51-65(95-96-100)53-117-49-48-116-47-46-115-45-44-114-43-42-113-41-37-70(101)93-72(54(3)4)80(106)92-67(27-23-39-89-83(87)109)79(105)91-64-33-29-61(30-34-64)52-118-84(110)98(14)74(56(7)8)81(107)94-73(55(5)6)82(108)97(13)75(57(9)18-2)69(111-15)50-71(102)99-40-24-28-68(99)77(112-16)58(10)78(104)90-59(11)76(103)63-25-21-20-22-26-63/h20-22,25-26,29-36,51,54-59,67-69,72-77,103H,12,17-19,23-24,27-28,37-50,52-53,88H2,1-11,13-16H3,(H,90,104)(H,91,105)(H,92,106)(H,93,101)(H,94,107)(H3,87,89,109)/t57-,58+,59+,67-,68-,69+,72-,73?,74-,75-,76+,77+,85?/m0/s1. The van der Waals surface area contributed by atoms with Crippen molar-refractivity contribution in [2.75, 3.05) is 106 Å². The number of ether oxygens (including phenoxy) is 8. The third-order valence-electron chi connectivity index (χ3n) is 21.0. The van der Waals surface area contributed by atoms with E-state index in [1.54, 1.807) is 120 Å². The topological polar surface area (TPSA) is 412 Å². The molecule has 2 unspecified atom stereocenters. The molecule has 660 valence electrons. The Morgan fingerprint density at radius 1 is 0.706 bits per heavy atom. The Kier molecular flexibility index (Phi) is 44.6. The first kappa shape index (κ1) is 101. The van der Waals surface area contributed by atoms with Gasteiger partial charge in [0.15, 0.2) is 0 Å². The van der Waals surface area contributed by atoms with Crippen molar-refractivity contribution in [3.05, 3.63) is 114 Å². The Morgan fingerprint density at radius 3 is 1.89 bits per heavy atom. The van der Waals surface area contributed by atoms with Crippen molar-refractivity contribution < 1.29 is 86.2 Å². The number of primary amides is 1. The van der Waals surface area contributed by atoms with Gasteiger partial charge in [-0.2, -0.15) is 0 Å². The number of rotatable bonds is 56. The first-order chi connectivity index (χ1) is 56.7.